The van der Waals surface area contributed by atoms with E-state index >= 15 is 0 Å². The van der Waals surface area contributed by atoms with Gasteiger partial charge in [0, 0.05) is 34.7 Å². The Morgan fingerprint density at radius 3 is 2.42 bits per heavy atom. The molecule has 1 aromatic rings. The molecule has 0 bridgehead atoms. The Morgan fingerprint density at radius 2 is 1.84 bits per heavy atom. The van der Waals surface area contributed by atoms with Gasteiger partial charge in [0.1, 0.15) is 5.75 Å². The monoisotopic (exact) mass is 263 g/mol. The molecule has 0 aliphatic carbocycles. The summed E-state index contributed by atoms with van der Waals surface area (Å²) in [5.74, 6) is 1.92. The van der Waals surface area contributed by atoms with E-state index in [9.17, 15) is 0 Å². The molecule has 0 amide bonds. The van der Waals surface area contributed by atoms with Crippen LogP contribution >= 0.6 is 0 Å². The lowest BCUT2D eigenvalue weighted by molar-refractivity contribution is 0.340. The van der Waals surface area contributed by atoms with Gasteiger partial charge in [0.15, 0.2) is 5.96 Å². The van der Waals surface area contributed by atoms with Crippen LogP contribution in [0.1, 0.15) is 12.5 Å². The van der Waals surface area contributed by atoms with Gasteiger partial charge < -0.3 is 14.5 Å². The first kappa shape index (κ1) is 15.3. The molecule has 0 fully saturated rings. The fourth-order valence-corrected chi connectivity index (χ4v) is 1.93. The van der Waals surface area contributed by atoms with E-state index in [-0.39, 0.29) is 0 Å². The van der Waals surface area contributed by atoms with Crippen LogP contribution in [0, 0.1) is 0 Å². The summed E-state index contributed by atoms with van der Waals surface area (Å²) in [5, 5.41) is 0. The third kappa shape index (κ3) is 5.20. The van der Waals surface area contributed by atoms with E-state index in [1.165, 1.54) is 5.56 Å². The fourth-order valence-electron chi connectivity index (χ4n) is 1.93. The van der Waals surface area contributed by atoms with Gasteiger partial charge in [0.2, 0.25) is 0 Å². The van der Waals surface area contributed by atoms with Crippen LogP contribution in [-0.4, -0.2) is 57.1 Å². The van der Waals surface area contributed by atoms with Gasteiger partial charge in [-0.15, -0.1) is 0 Å². The Labute approximate surface area is 116 Å². The molecule has 1 rings (SSSR count). The van der Waals surface area contributed by atoms with Crippen LogP contribution < -0.4 is 4.74 Å². The summed E-state index contributed by atoms with van der Waals surface area (Å²) in [6.07, 6.45) is 0.923. The molecule has 4 heteroatoms. The summed E-state index contributed by atoms with van der Waals surface area (Å²) in [5.41, 5.74) is 1.26. The third-order valence-electron chi connectivity index (χ3n) is 2.66. The largest absolute Gasteiger partial charge is 0.494 e. The Hall–Kier alpha value is -1.71. The summed E-state index contributed by atoms with van der Waals surface area (Å²) < 4.78 is 5.50. The average molecular weight is 263 g/mol. The lowest BCUT2D eigenvalue weighted by Crippen LogP contribution is -2.35. The zero-order valence-corrected chi connectivity index (χ0v) is 12.7. The maximum Gasteiger partial charge on any atom is 0.195 e. The van der Waals surface area contributed by atoms with Gasteiger partial charge in [-0.25, -0.2) is 0 Å². The van der Waals surface area contributed by atoms with Gasteiger partial charge >= 0.3 is 0 Å². The van der Waals surface area contributed by atoms with Crippen LogP contribution in [0.15, 0.2) is 29.3 Å². The van der Waals surface area contributed by atoms with Gasteiger partial charge in [-0.05, 0) is 31.0 Å². The van der Waals surface area contributed by atoms with Crippen molar-refractivity contribution < 1.29 is 4.74 Å². The summed E-state index contributed by atoms with van der Waals surface area (Å²) in [6, 6.07) is 8.22. The van der Waals surface area contributed by atoms with Crippen LogP contribution in [0.5, 0.6) is 5.75 Å². The predicted molar refractivity (Wildman–Crippen MR) is 81.0 cm³/mol. The standard InChI is InChI=1S/C15H25N3O/c1-6-19-14-9-7-8-13(12-14)10-11-16-15(17(2)3)18(4)5/h7-9,12H,6,10-11H2,1-5H3. The number of ether oxygens (including phenoxy) is 1. The SMILES string of the molecule is CCOc1cccc(CCN=C(N(C)C)N(C)C)c1. The highest BCUT2D eigenvalue weighted by atomic mass is 16.5. The quantitative estimate of drug-likeness (QED) is 0.601. The summed E-state index contributed by atoms with van der Waals surface area (Å²) >= 11 is 0. The van der Waals surface area contributed by atoms with Crippen LogP contribution in [-0.2, 0) is 6.42 Å². The van der Waals surface area contributed by atoms with Crippen molar-refractivity contribution in [2.75, 3.05) is 41.3 Å². The first-order valence-corrected chi connectivity index (χ1v) is 6.65. The van der Waals surface area contributed by atoms with E-state index in [1.54, 1.807) is 0 Å². The molecule has 4 nitrogen and oxygen atoms in total. The first-order valence-electron chi connectivity index (χ1n) is 6.65. The summed E-state index contributed by atoms with van der Waals surface area (Å²) in [6.45, 7) is 3.48. The Kier molecular flexibility index (Phi) is 6.19. The molecule has 0 aliphatic heterocycles. The van der Waals surface area contributed by atoms with E-state index in [2.05, 4.69) is 17.1 Å². The highest BCUT2D eigenvalue weighted by Crippen LogP contribution is 2.13. The topological polar surface area (TPSA) is 28.1 Å². The molecule has 0 unspecified atom stereocenters. The molecule has 0 saturated carbocycles. The second-order valence-corrected chi connectivity index (χ2v) is 4.80. The number of benzene rings is 1. The van der Waals surface area contributed by atoms with Crippen LogP contribution in [0.4, 0.5) is 0 Å². The van der Waals surface area contributed by atoms with E-state index in [4.69, 9.17) is 4.74 Å². The molecule has 106 valence electrons. The van der Waals surface area contributed by atoms with Crippen molar-refractivity contribution in [2.45, 2.75) is 13.3 Å². The van der Waals surface area contributed by atoms with Gasteiger partial charge in [-0.3, -0.25) is 4.99 Å². The predicted octanol–water partition coefficient (Wildman–Crippen LogP) is 2.11. The minimum atomic E-state index is 0.701. The number of guanidine groups is 1. The highest BCUT2D eigenvalue weighted by molar-refractivity contribution is 5.79. The van der Waals surface area contributed by atoms with Crippen LogP contribution in [0.2, 0.25) is 0 Å². The second kappa shape index (κ2) is 7.67. The van der Waals surface area contributed by atoms with Gasteiger partial charge in [0.25, 0.3) is 0 Å². The second-order valence-electron chi connectivity index (χ2n) is 4.80. The molecule has 19 heavy (non-hydrogen) atoms. The summed E-state index contributed by atoms with van der Waals surface area (Å²) in [7, 11) is 8.03. The van der Waals surface area contributed by atoms with Crippen molar-refractivity contribution in [3.63, 3.8) is 0 Å². The normalized spacial score (nSPS) is 9.95. The van der Waals surface area contributed by atoms with Crippen molar-refractivity contribution in [3.05, 3.63) is 29.8 Å². The van der Waals surface area contributed by atoms with Crippen molar-refractivity contribution in [3.8, 4) is 5.75 Å². The molecule has 0 spiro atoms. The lowest BCUT2D eigenvalue weighted by Gasteiger charge is -2.22. The number of hydrogen-bond donors (Lipinski definition) is 0. The molecular formula is C15H25N3O. The summed E-state index contributed by atoms with van der Waals surface area (Å²) in [4.78, 5) is 8.67. The Balaban J connectivity index is 2.61. The van der Waals surface area contributed by atoms with Gasteiger partial charge in [0.05, 0.1) is 6.61 Å². The maximum atomic E-state index is 5.50. The minimum Gasteiger partial charge on any atom is -0.494 e. The smallest absolute Gasteiger partial charge is 0.195 e. The highest BCUT2D eigenvalue weighted by Gasteiger charge is 2.03. The van der Waals surface area contributed by atoms with Crippen molar-refractivity contribution in [1.29, 1.82) is 0 Å². The van der Waals surface area contributed by atoms with Gasteiger partial charge in [-0.2, -0.15) is 0 Å². The lowest BCUT2D eigenvalue weighted by atomic mass is 10.1. The molecule has 1 aromatic carbocycles. The van der Waals surface area contributed by atoms with Crippen LogP contribution in [0.3, 0.4) is 0 Å². The zero-order valence-electron chi connectivity index (χ0n) is 12.7. The molecule has 0 saturated heterocycles. The fraction of sp³-hybridized carbons (Fsp3) is 0.533. The minimum absolute atomic E-state index is 0.701. The van der Waals surface area contributed by atoms with Crippen molar-refractivity contribution in [1.82, 2.24) is 9.80 Å². The first-order chi connectivity index (χ1) is 9.04. The number of nitrogens with zero attached hydrogens (tertiary/aromatic N) is 3. The number of aliphatic imine (C=N–C) groups is 1. The Bertz CT molecular complexity index is 404. The van der Waals surface area contributed by atoms with E-state index in [0.29, 0.717) is 6.61 Å². The Morgan fingerprint density at radius 1 is 1.16 bits per heavy atom. The van der Waals surface area contributed by atoms with Crippen molar-refractivity contribution >= 4 is 5.96 Å². The van der Waals surface area contributed by atoms with E-state index < -0.39 is 0 Å². The molecule has 0 radical (unpaired) electrons. The number of hydrogen-bond acceptors (Lipinski definition) is 2. The average Bonchev–Trinajstić information content (AvgIpc) is 2.34. The molecule has 0 atom stereocenters. The molecular weight excluding hydrogens is 238 g/mol. The molecule has 0 aromatic heterocycles. The van der Waals surface area contributed by atoms with Gasteiger partial charge in [-0.1, -0.05) is 12.1 Å². The van der Waals surface area contributed by atoms with E-state index in [1.807, 2.05) is 57.0 Å². The molecule has 0 aliphatic rings. The third-order valence-corrected chi connectivity index (χ3v) is 2.66. The zero-order chi connectivity index (χ0) is 14.3. The molecule has 0 heterocycles. The molecule has 0 N–H and O–H groups in total. The number of rotatable bonds is 5. The van der Waals surface area contributed by atoms with Crippen LogP contribution in [0.25, 0.3) is 0 Å². The van der Waals surface area contributed by atoms with Crippen molar-refractivity contribution in [2.24, 2.45) is 4.99 Å². The maximum absolute atomic E-state index is 5.50. The van der Waals surface area contributed by atoms with E-state index in [0.717, 1.165) is 24.7 Å².